The molecule has 3 nitrogen and oxygen atoms in total. The van der Waals surface area contributed by atoms with E-state index in [0.29, 0.717) is 12.0 Å². The number of fused-ring (bicyclic) bond motifs is 1. The minimum absolute atomic E-state index is 0.0668. The molecule has 2 rings (SSSR count). The number of benzene rings is 1. The van der Waals surface area contributed by atoms with Crippen LogP contribution in [0.1, 0.15) is 27.1 Å². The number of carbonyl (C=O) groups excluding carboxylic acids is 2. The van der Waals surface area contributed by atoms with E-state index in [1.54, 1.807) is 12.1 Å². The normalized spacial score (nSPS) is 14.9. The summed E-state index contributed by atoms with van der Waals surface area (Å²) in [7, 11) is 0. The van der Waals surface area contributed by atoms with E-state index in [-0.39, 0.29) is 32.9 Å². The Kier molecular flexibility index (Phi) is 2.98. The quantitative estimate of drug-likeness (QED) is 0.853. The van der Waals surface area contributed by atoms with Crippen molar-refractivity contribution in [2.45, 2.75) is 6.42 Å². The fraction of sp³-hybridized carbons (Fsp3) is 0.0769. The monoisotopic (exact) mass is 292 g/mol. The van der Waals surface area contributed by atoms with Gasteiger partial charge in [0.2, 0.25) is 5.78 Å². The molecular weight excluding hydrogens is 284 g/mol. The molecule has 17 heavy (non-hydrogen) atoms. The standard InChI is InChI=1S/C13H9BrO3/c1-2-4-8-11(14)13(17)10-7(12(8)16)5-3-6-9(10)15/h2-3,5-6,15H,1,4H2. The van der Waals surface area contributed by atoms with Gasteiger partial charge in [0.15, 0.2) is 5.78 Å². The molecule has 0 bridgehead atoms. The van der Waals surface area contributed by atoms with E-state index in [2.05, 4.69) is 22.5 Å². The largest absolute Gasteiger partial charge is 0.507 e. The molecule has 1 aromatic carbocycles. The van der Waals surface area contributed by atoms with Crippen molar-refractivity contribution >= 4 is 27.5 Å². The fourth-order valence-corrected chi connectivity index (χ4v) is 2.34. The lowest BCUT2D eigenvalue weighted by atomic mass is 9.87. The zero-order chi connectivity index (χ0) is 12.6. The van der Waals surface area contributed by atoms with Crippen LogP contribution in [0.4, 0.5) is 0 Å². The van der Waals surface area contributed by atoms with Gasteiger partial charge in [0.05, 0.1) is 10.0 Å². The third-order valence-electron chi connectivity index (χ3n) is 2.60. The Morgan fingerprint density at radius 3 is 2.65 bits per heavy atom. The molecule has 0 saturated heterocycles. The van der Waals surface area contributed by atoms with Crippen LogP contribution in [0.2, 0.25) is 0 Å². The number of phenols is 1. The Balaban J connectivity index is 2.69. The molecule has 0 radical (unpaired) electrons. The highest BCUT2D eigenvalue weighted by molar-refractivity contribution is 9.12. The molecule has 0 saturated carbocycles. The number of allylic oxidation sites excluding steroid dienone is 3. The first-order valence-electron chi connectivity index (χ1n) is 4.98. The summed E-state index contributed by atoms with van der Waals surface area (Å²) in [6.45, 7) is 3.55. The maximum atomic E-state index is 12.1. The van der Waals surface area contributed by atoms with Crippen LogP contribution in [-0.4, -0.2) is 16.7 Å². The molecule has 1 aromatic rings. The van der Waals surface area contributed by atoms with Crippen molar-refractivity contribution < 1.29 is 14.7 Å². The molecule has 0 heterocycles. The van der Waals surface area contributed by atoms with Gasteiger partial charge in [0.25, 0.3) is 0 Å². The number of hydrogen-bond acceptors (Lipinski definition) is 3. The lowest BCUT2D eigenvalue weighted by Gasteiger charge is -2.17. The number of halogens is 1. The highest BCUT2D eigenvalue weighted by Crippen LogP contribution is 2.35. The summed E-state index contributed by atoms with van der Waals surface area (Å²) in [5, 5.41) is 9.64. The van der Waals surface area contributed by atoms with E-state index in [4.69, 9.17) is 0 Å². The van der Waals surface area contributed by atoms with E-state index in [1.165, 1.54) is 12.1 Å². The van der Waals surface area contributed by atoms with Gasteiger partial charge in [-0.25, -0.2) is 0 Å². The van der Waals surface area contributed by atoms with Crippen molar-refractivity contribution in [3.63, 3.8) is 0 Å². The minimum Gasteiger partial charge on any atom is -0.507 e. The minimum atomic E-state index is -0.366. The molecular formula is C13H9BrO3. The maximum Gasteiger partial charge on any atom is 0.204 e. The highest BCUT2D eigenvalue weighted by atomic mass is 79.9. The van der Waals surface area contributed by atoms with Gasteiger partial charge in [-0.15, -0.1) is 6.58 Å². The molecule has 0 aliphatic heterocycles. The van der Waals surface area contributed by atoms with E-state index >= 15 is 0 Å². The number of phenolic OH excluding ortho intramolecular Hbond substituents is 1. The second-order valence-electron chi connectivity index (χ2n) is 3.64. The first-order chi connectivity index (χ1) is 8.07. The smallest absolute Gasteiger partial charge is 0.204 e. The van der Waals surface area contributed by atoms with Crippen LogP contribution >= 0.6 is 15.9 Å². The summed E-state index contributed by atoms with van der Waals surface area (Å²) in [4.78, 5) is 24.1. The Morgan fingerprint density at radius 2 is 2.00 bits per heavy atom. The van der Waals surface area contributed by atoms with Crippen LogP contribution in [-0.2, 0) is 0 Å². The molecule has 0 spiro atoms. The van der Waals surface area contributed by atoms with Gasteiger partial charge >= 0.3 is 0 Å². The number of rotatable bonds is 2. The molecule has 0 amide bonds. The predicted molar refractivity (Wildman–Crippen MR) is 67.5 cm³/mol. The van der Waals surface area contributed by atoms with Crippen LogP contribution in [0.15, 0.2) is 40.9 Å². The van der Waals surface area contributed by atoms with Gasteiger partial charge in [-0.3, -0.25) is 9.59 Å². The third-order valence-corrected chi connectivity index (χ3v) is 3.44. The van der Waals surface area contributed by atoms with Crippen LogP contribution in [0.25, 0.3) is 0 Å². The predicted octanol–water partition coefficient (Wildman–Crippen LogP) is 3.00. The Morgan fingerprint density at radius 1 is 1.29 bits per heavy atom. The van der Waals surface area contributed by atoms with Crippen LogP contribution in [0.3, 0.4) is 0 Å². The van der Waals surface area contributed by atoms with Crippen molar-refractivity contribution in [2.75, 3.05) is 0 Å². The van der Waals surface area contributed by atoms with E-state index < -0.39 is 0 Å². The van der Waals surface area contributed by atoms with Gasteiger partial charge in [-0.2, -0.15) is 0 Å². The molecule has 0 unspecified atom stereocenters. The van der Waals surface area contributed by atoms with Crippen LogP contribution in [0, 0.1) is 0 Å². The molecule has 0 atom stereocenters. The Bertz CT molecular complexity index is 570. The fourth-order valence-electron chi connectivity index (χ4n) is 1.80. The van der Waals surface area contributed by atoms with Crippen molar-refractivity contribution in [3.05, 3.63) is 52.0 Å². The zero-order valence-electron chi connectivity index (χ0n) is 8.87. The first kappa shape index (κ1) is 11.8. The number of aromatic hydroxyl groups is 1. The van der Waals surface area contributed by atoms with E-state index in [1.807, 2.05) is 0 Å². The lowest BCUT2D eigenvalue weighted by Crippen LogP contribution is -2.19. The molecule has 1 aliphatic rings. The summed E-state index contributed by atoms with van der Waals surface area (Å²) >= 11 is 3.12. The average Bonchev–Trinajstić information content (AvgIpc) is 2.31. The molecule has 0 aromatic heterocycles. The summed E-state index contributed by atoms with van der Waals surface area (Å²) < 4.78 is 0.205. The van der Waals surface area contributed by atoms with Crippen LogP contribution in [0.5, 0.6) is 5.75 Å². The maximum absolute atomic E-state index is 12.1. The van der Waals surface area contributed by atoms with Gasteiger partial charge in [-0.05, 0) is 28.4 Å². The second-order valence-corrected chi connectivity index (χ2v) is 4.44. The summed E-state index contributed by atoms with van der Waals surface area (Å²) in [5.41, 5.74) is 0.690. The highest BCUT2D eigenvalue weighted by Gasteiger charge is 2.32. The number of carbonyl (C=O) groups is 2. The first-order valence-corrected chi connectivity index (χ1v) is 5.78. The molecule has 0 fully saturated rings. The third kappa shape index (κ3) is 1.74. The van der Waals surface area contributed by atoms with Gasteiger partial charge in [0.1, 0.15) is 5.75 Å². The molecule has 86 valence electrons. The Hall–Kier alpha value is -1.68. The SMILES string of the molecule is C=CCC1=C(Br)C(=O)c2c(O)cccc2C1=O. The van der Waals surface area contributed by atoms with Crippen LogP contribution < -0.4 is 0 Å². The molecule has 4 heteroatoms. The van der Waals surface area contributed by atoms with Gasteiger partial charge in [-0.1, -0.05) is 18.2 Å². The number of hydrogen-bond donors (Lipinski definition) is 1. The van der Waals surface area contributed by atoms with Crippen molar-refractivity contribution in [1.82, 2.24) is 0 Å². The Labute approximate surface area is 107 Å². The van der Waals surface area contributed by atoms with E-state index in [9.17, 15) is 14.7 Å². The summed E-state index contributed by atoms with van der Waals surface area (Å²) in [5.74, 6) is -0.785. The zero-order valence-corrected chi connectivity index (χ0v) is 10.5. The van der Waals surface area contributed by atoms with E-state index in [0.717, 1.165) is 0 Å². The number of ketones is 2. The van der Waals surface area contributed by atoms with Gasteiger partial charge < -0.3 is 5.11 Å². The lowest BCUT2D eigenvalue weighted by molar-refractivity contribution is 0.0978. The number of Topliss-reactive ketones (excluding diaryl/α,β-unsaturated/α-hetero) is 2. The van der Waals surface area contributed by atoms with Crippen molar-refractivity contribution in [1.29, 1.82) is 0 Å². The summed E-state index contributed by atoms with van der Waals surface area (Å²) in [6, 6.07) is 4.48. The van der Waals surface area contributed by atoms with Gasteiger partial charge in [0, 0.05) is 11.1 Å². The second kappa shape index (κ2) is 4.30. The van der Waals surface area contributed by atoms with Crippen molar-refractivity contribution in [2.24, 2.45) is 0 Å². The molecule has 1 aliphatic carbocycles. The molecule has 1 N–H and O–H groups in total. The average molecular weight is 293 g/mol. The topological polar surface area (TPSA) is 54.4 Å². The van der Waals surface area contributed by atoms with Crippen molar-refractivity contribution in [3.8, 4) is 5.75 Å². The summed E-state index contributed by atoms with van der Waals surface area (Å²) in [6.07, 6.45) is 1.88.